The van der Waals surface area contributed by atoms with Crippen LogP contribution in [0.1, 0.15) is 28.9 Å². The van der Waals surface area contributed by atoms with Gasteiger partial charge in [0.05, 0.1) is 24.4 Å². The van der Waals surface area contributed by atoms with Crippen molar-refractivity contribution in [2.45, 2.75) is 13.0 Å². The Morgan fingerprint density at radius 1 is 1.30 bits per heavy atom. The number of amides is 1. The third-order valence-corrected chi connectivity index (χ3v) is 4.17. The molecule has 0 saturated carbocycles. The van der Waals surface area contributed by atoms with E-state index < -0.39 is 10.8 Å². The molecule has 0 aliphatic carbocycles. The van der Waals surface area contributed by atoms with E-state index in [1.807, 2.05) is 31.2 Å². The molecule has 138 valence electrons. The highest BCUT2D eigenvalue weighted by Crippen LogP contribution is 2.26. The molecule has 3 aromatic rings. The molecule has 0 aliphatic heterocycles. The number of methoxy groups -OCH3 is 1. The summed E-state index contributed by atoms with van der Waals surface area (Å²) in [5.41, 5.74) is 1.18. The monoisotopic (exact) mass is 366 g/mol. The quantitative estimate of drug-likeness (QED) is 0.533. The predicted molar refractivity (Wildman–Crippen MR) is 99.1 cm³/mol. The maximum absolute atomic E-state index is 12.6. The average Bonchev–Trinajstić information content (AvgIpc) is 3.21. The van der Waals surface area contributed by atoms with Gasteiger partial charge in [0.2, 0.25) is 0 Å². The minimum atomic E-state index is -0.518. The number of para-hydroxylation sites is 1. The average molecular weight is 366 g/mol. The molecule has 0 aliphatic rings. The van der Waals surface area contributed by atoms with E-state index in [0.29, 0.717) is 11.4 Å². The molecule has 0 spiro atoms. The molecule has 3 rings (SSSR count). The van der Waals surface area contributed by atoms with Gasteiger partial charge >= 0.3 is 0 Å². The minimum Gasteiger partial charge on any atom is -0.496 e. The summed E-state index contributed by atoms with van der Waals surface area (Å²) in [6.07, 6.45) is 4.59. The summed E-state index contributed by atoms with van der Waals surface area (Å²) in [7, 11) is 1.56. The molecule has 2 aromatic carbocycles. The van der Waals surface area contributed by atoms with Crippen molar-refractivity contribution in [3.05, 3.63) is 82.4 Å². The molecule has 0 fully saturated rings. The fourth-order valence-electron chi connectivity index (χ4n) is 2.81. The van der Waals surface area contributed by atoms with Crippen molar-refractivity contribution < 1.29 is 14.5 Å². The Labute approximate surface area is 155 Å². The molecule has 1 amide bonds. The van der Waals surface area contributed by atoms with Gasteiger partial charge in [0.15, 0.2) is 0 Å². The zero-order chi connectivity index (χ0) is 19.4. The zero-order valence-electron chi connectivity index (χ0n) is 14.8. The topological polar surface area (TPSA) is 99.3 Å². The third kappa shape index (κ3) is 3.79. The van der Waals surface area contributed by atoms with Crippen LogP contribution in [0.2, 0.25) is 0 Å². The first-order chi connectivity index (χ1) is 13.0. The van der Waals surface area contributed by atoms with Crippen molar-refractivity contribution in [3.8, 4) is 11.4 Å². The van der Waals surface area contributed by atoms with Gasteiger partial charge in [0.25, 0.3) is 11.6 Å². The number of nitrogens with zero attached hydrogens (tertiary/aromatic N) is 3. The van der Waals surface area contributed by atoms with Crippen molar-refractivity contribution in [3.63, 3.8) is 0 Å². The Morgan fingerprint density at radius 3 is 2.74 bits per heavy atom. The fourth-order valence-corrected chi connectivity index (χ4v) is 2.81. The number of nitro benzene ring substituents is 1. The van der Waals surface area contributed by atoms with Crippen molar-refractivity contribution in [1.29, 1.82) is 0 Å². The smallest absolute Gasteiger partial charge is 0.294 e. The summed E-state index contributed by atoms with van der Waals surface area (Å²) >= 11 is 0. The fraction of sp³-hybridized carbons (Fsp3) is 0.158. The van der Waals surface area contributed by atoms with E-state index in [2.05, 4.69) is 10.3 Å². The van der Waals surface area contributed by atoms with E-state index in [4.69, 9.17) is 4.74 Å². The number of rotatable bonds is 6. The van der Waals surface area contributed by atoms with Gasteiger partial charge in [-0.25, -0.2) is 4.98 Å². The van der Waals surface area contributed by atoms with E-state index in [1.165, 1.54) is 29.2 Å². The molecule has 27 heavy (non-hydrogen) atoms. The SMILES string of the molecule is COc1ccccc1C(C)NC(=O)c1ccc(-n2ccnc2)c([N+](=O)[O-])c1. The lowest BCUT2D eigenvalue weighted by molar-refractivity contribution is -0.384. The van der Waals surface area contributed by atoms with E-state index in [0.717, 1.165) is 5.56 Å². The van der Waals surface area contributed by atoms with Crippen molar-refractivity contribution in [2.24, 2.45) is 0 Å². The Hall–Kier alpha value is -3.68. The first kappa shape index (κ1) is 18.1. The number of ether oxygens (including phenoxy) is 1. The zero-order valence-corrected chi connectivity index (χ0v) is 14.8. The van der Waals surface area contributed by atoms with Gasteiger partial charge in [-0.05, 0) is 25.1 Å². The number of nitro groups is 1. The van der Waals surface area contributed by atoms with Gasteiger partial charge in [-0.1, -0.05) is 18.2 Å². The summed E-state index contributed by atoms with van der Waals surface area (Å²) in [6.45, 7) is 1.82. The number of nitrogens with one attached hydrogen (secondary N) is 1. The lowest BCUT2D eigenvalue weighted by Gasteiger charge is -2.17. The highest BCUT2D eigenvalue weighted by molar-refractivity contribution is 5.95. The predicted octanol–water partition coefficient (Wildman–Crippen LogP) is 3.28. The summed E-state index contributed by atoms with van der Waals surface area (Å²) in [6, 6.07) is 11.4. The largest absolute Gasteiger partial charge is 0.496 e. The number of aromatic nitrogens is 2. The maximum Gasteiger partial charge on any atom is 0.294 e. The van der Waals surface area contributed by atoms with Gasteiger partial charge in [-0.15, -0.1) is 0 Å². The first-order valence-electron chi connectivity index (χ1n) is 8.22. The van der Waals surface area contributed by atoms with Crippen molar-refractivity contribution >= 4 is 11.6 Å². The minimum absolute atomic E-state index is 0.175. The van der Waals surface area contributed by atoms with Gasteiger partial charge in [-0.2, -0.15) is 0 Å². The second-order valence-electron chi connectivity index (χ2n) is 5.87. The summed E-state index contributed by atoms with van der Waals surface area (Å²) in [5.74, 6) is 0.250. The Balaban J connectivity index is 1.87. The molecule has 1 N–H and O–H groups in total. The first-order valence-corrected chi connectivity index (χ1v) is 8.22. The normalized spacial score (nSPS) is 11.6. The summed E-state index contributed by atoms with van der Waals surface area (Å²) in [5, 5.41) is 14.3. The Morgan fingerprint density at radius 2 is 2.07 bits per heavy atom. The van der Waals surface area contributed by atoms with Crippen LogP contribution in [-0.2, 0) is 0 Å². The van der Waals surface area contributed by atoms with Crippen LogP contribution in [-0.4, -0.2) is 27.5 Å². The summed E-state index contributed by atoms with van der Waals surface area (Å²) < 4.78 is 6.84. The second kappa shape index (κ2) is 7.69. The summed E-state index contributed by atoms with van der Waals surface area (Å²) in [4.78, 5) is 27.4. The van der Waals surface area contributed by atoms with Crippen LogP contribution in [0.5, 0.6) is 5.75 Å². The van der Waals surface area contributed by atoms with Crippen molar-refractivity contribution in [2.75, 3.05) is 7.11 Å². The molecule has 1 atom stereocenters. The van der Waals surface area contributed by atoms with Gasteiger partial charge < -0.3 is 14.6 Å². The van der Waals surface area contributed by atoms with E-state index in [-0.39, 0.29) is 17.3 Å². The lowest BCUT2D eigenvalue weighted by atomic mass is 10.1. The van der Waals surface area contributed by atoms with Crippen molar-refractivity contribution in [1.82, 2.24) is 14.9 Å². The van der Waals surface area contributed by atoms with Crippen LogP contribution < -0.4 is 10.1 Å². The molecular weight excluding hydrogens is 348 g/mol. The number of hydrogen-bond donors (Lipinski definition) is 1. The number of benzene rings is 2. The number of carbonyl (C=O) groups excluding carboxylic acids is 1. The molecule has 1 unspecified atom stereocenters. The Kier molecular flexibility index (Phi) is 5.16. The van der Waals surface area contributed by atoms with Crippen LogP contribution >= 0.6 is 0 Å². The number of hydrogen-bond acceptors (Lipinski definition) is 5. The van der Waals surface area contributed by atoms with E-state index in [1.54, 1.807) is 19.4 Å². The molecule has 8 heteroatoms. The van der Waals surface area contributed by atoms with E-state index in [9.17, 15) is 14.9 Å². The molecule has 0 radical (unpaired) electrons. The third-order valence-electron chi connectivity index (χ3n) is 4.17. The molecule has 0 saturated heterocycles. The molecular formula is C19H18N4O4. The van der Waals surface area contributed by atoms with Gasteiger partial charge in [0, 0.05) is 29.6 Å². The van der Waals surface area contributed by atoms with Crippen LogP contribution in [0, 0.1) is 10.1 Å². The maximum atomic E-state index is 12.6. The van der Waals surface area contributed by atoms with E-state index >= 15 is 0 Å². The molecule has 8 nitrogen and oxygen atoms in total. The van der Waals surface area contributed by atoms with Crippen LogP contribution in [0.25, 0.3) is 5.69 Å². The molecule has 1 aromatic heterocycles. The highest BCUT2D eigenvalue weighted by atomic mass is 16.6. The molecule has 1 heterocycles. The van der Waals surface area contributed by atoms with Crippen LogP contribution in [0.15, 0.2) is 61.2 Å². The number of imidazole rings is 1. The standard InChI is InChI=1S/C19H18N4O4/c1-13(15-5-3-4-6-18(15)27-2)21-19(24)14-7-8-16(17(11-14)23(25)26)22-10-9-20-12-22/h3-13H,1-2H3,(H,21,24). The van der Waals surface area contributed by atoms with Crippen LogP contribution in [0.4, 0.5) is 5.69 Å². The lowest BCUT2D eigenvalue weighted by Crippen LogP contribution is -2.27. The van der Waals surface area contributed by atoms with Gasteiger partial charge in [-0.3, -0.25) is 14.9 Å². The second-order valence-corrected chi connectivity index (χ2v) is 5.87. The van der Waals surface area contributed by atoms with Gasteiger partial charge in [0.1, 0.15) is 11.4 Å². The molecule has 0 bridgehead atoms. The van der Waals surface area contributed by atoms with Crippen LogP contribution in [0.3, 0.4) is 0 Å². The number of carbonyl (C=O) groups is 1. The highest BCUT2D eigenvalue weighted by Gasteiger charge is 2.20. The Bertz CT molecular complexity index is 970.